The summed E-state index contributed by atoms with van der Waals surface area (Å²) in [6, 6.07) is 18.8. The Kier molecular flexibility index (Phi) is 6.83. The van der Waals surface area contributed by atoms with Crippen LogP contribution in [-0.4, -0.2) is 58.4 Å². The van der Waals surface area contributed by atoms with E-state index in [4.69, 9.17) is 4.98 Å². The van der Waals surface area contributed by atoms with Gasteiger partial charge in [-0.05, 0) is 98.9 Å². The third kappa shape index (κ3) is 5.14. The average molecular weight is 541 g/mol. The molecule has 1 fully saturated rings. The van der Waals surface area contributed by atoms with E-state index < -0.39 is 0 Å². The van der Waals surface area contributed by atoms with Crippen LogP contribution >= 0.6 is 11.3 Å². The van der Waals surface area contributed by atoms with Gasteiger partial charge in [0.1, 0.15) is 5.75 Å². The molecule has 2 N–H and O–H groups in total. The highest BCUT2D eigenvalue weighted by Gasteiger charge is 2.31. The van der Waals surface area contributed by atoms with E-state index in [-0.39, 0.29) is 23.6 Å². The summed E-state index contributed by atoms with van der Waals surface area (Å²) in [4.78, 5) is 36.9. The van der Waals surface area contributed by atoms with Gasteiger partial charge in [0, 0.05) is 28.6 Å². The van der Waals surface area contributed by atoms with E-state index in [1.54, 1.807) is 23.5 Å². The molecule has 8 heteroatoms. The number of hydrogen-bond donors (Lipinski definition) is 2. The van der Waals surface area contributed by atoms with Gasteiger partial charge in [-0.25, -0.2) is 4.98 Å². The van der Waals surface area contributed by atoms with E-state index in [2.05, 4.69) is 24.3 Å². The SMILES string of the molecule is CN(C)C1CCc2nc(NC(=O)c3cccc(C4CCCN4C(=O)c4ccc5cc(O)ccc5c4)c3)sc2C1. The molecule has 7 nitrogen and oxygen atoms in total. The Morgan fingerprint density at radius 2 is 1.85 bits per heavy atom. The molecule has 2 unspecified atom stereocenters. The average Bonchev–Trinajstić information content (AvgIpc) is 3.59. The first-order chi connectivity index (χ1) is 18.9. The van der Waals surface area contributed by atoms with E-state index in [1.165, 1.54) is 4.88 Å². The molecule has 0 saturated carbocycles. The summed E-state index contributed by atoms with van der Waals surface area (Å²) in [5.41, 5.74) is 3.26. The molecular weight excluding hydrogens is 508 g/mol. The highest BCUT2D eigenvalue weighted by molar-refractivity contribution is 7.15. The van der Waals surface area contributed by atoms with Gasteiger partial charge in [-0.1, -0.05) is 24.3 Å². The number of phenols is 1. The number of aromatic nitrogens is 1. The fourth-order valence-corrected chi connectivity index (χ4v) is 6.87. The molecular formula is C31H32N4O3S. The summed E-state index contributed by atoms with van der Waals surface area (Å²) < 4.78 is 0. The van der Waals surface area contributed by atoms with Gasteiger partial charge in [0.25, 0.3) is 11.8 Å². The molecule has 0 spiro atoms. The molecule has 2 amide bonds. The Labute approximate surface area is 232 Å². The lowest BCUT2D eigenvalue weighted by Crippen LogP contribution is -2.32. The molecule has 0 radical (unpaired) electrons. The number of carbonyl (C=O) groups excluding carboxylic acids is 2. The number of rotatable bonds is 5. The molecule has 6 rings (SSSR count). The van der Waals surface area contributed by atoms with Crippen molar-refractivity contribution in [1.29, 1.82) is 0 Å². The van der Waals surface area contributed by atoms with Gasteiger partial charge in [0.05, 0.1) is 11.7 Å². The molecule has 2 aliphatic rings. The lowest BCUT2D eigenvalue weighted by atomic mass is 9.97. The van der Waals surface area contributed by atoms with Crippen molar-refractivity contribution in [2.75, 3.05) is 26.0 Å². The number of aryl methyl sites for hydroxylation is 1. The number of carbonyl (C=O) groups is 2. The van der Waals surface area contributed by atoms with Crippen LogP contribution in [0.2, 0.25) is 0 Å². The molecule has 200 valence electrons. The smallest absolute Gasteiger partial charge is 0.257 e. The van der Waals surface area contributed by atoms with Crippen molar-refractivity contribution in [3.8, 4) is 5.75 Å². The van der Waals surface area contributed by atoms with Crippen LogP contribution in [0.1, 0.15) is 62.2 Å². The minimum absolute atomic E-state index is 0.0216. The summed E-state index contributed by atoms with van der Waals surface area (Å²) in [7, 11) is 4.22. The second kappa shape index (κ2) is 10.4. The predicted molar refractivity (Wildman–Crippen MR) is 155 cm³/mol. The molecule has 0 bridgehead atoms. The number of hydrogen-bond acceptors (Lipinski definition) is 6. The molecule has 3 aromatic carbocycles. The van der Waals surface area contributed by atoms with Crippen molar-refractivity contribution >= 4 is 39.1 Å². The zero-order valence-corrected chi connectivity index (χ0v) is 23.0. The molecule has 39 heavy (non-hydrogen) atoms. The number of likely N-dealkylation sites (tertiary alicyclic amines) is 1. The molecule has 2 atom stereocenters. The van der Waals surface area contributed by atoms with Crippen molar-refractivity contribution in [2.24, 2.45) is 0 Å². The molecule has 1 saturated heterocycles. The molecule has 1 aliphatic heterocycles. The van der Waals surface area contributed by atoms with Gasteiger partial charge >= 0.3 is 0 Å². The number of likely N-dealkylation sites (N-methyl/N-ethyl adjacent to an activating group) is 1. The zero-order chi connectivity index (χ0) is 27.1. The van der Waals surface area contributed by atoms with Crippen molar-refractivity contribution in [3.63, 3.8) is 0 Å². The third-order valence-electron chi connectivity index (χ3n) is 7.98. The Morgan fingerprint density at radius 1 is 1.03 bits per heavy atom. The third-order valence-corrected chi connectivity index (χ3v) is 9.02. The van der Waals surface area contributed by atoms with Crippen LogP contribution in [0.3, 0.4) is 0 Å². The van der Waals surface area contributed by atoms with Crippen molar-refractivity contribution in [3.05, 3.63) is 87.9 Å². The predicted octanol–water partition coefficient (Wildman–Crippen LogP) is 5.65. The fourth-order valence-electron chi connectivity index (χ4n) is 5.80. The minimum Gasteiger partial charge on any atom is -0.508 e. The molecule has 1 aromatic heterocycles. The maximum absolute atomic E-state index is 13.6. The molecule has 1 aliphatic carbocycles. The Balaban J connectivity index is 1.18. The number of fused-ring (bicyclic) bond motifs is 2. The largest absolute Gasteiger partial charge is 0.508 e. The number of benzene rings is 3. The first-order valence-electron chi connectivity index (χ1n) is 13.5. The number of nitrogens with zero attached hydrogens (tertiary/aromatic N) is 3. The normalized spacial score (nSPS) is 18.9. The van der Waals surface area contributed by atoms with Crippen molar-refractivity contribution in [2.45, 2.75) is 44.2 Å². The molecule has 4 aromatic rings. The number of phenolic OH excluding ortho intramolecular Hbond substituents is 1. The quantitative estimate of drug-likeness (QED) is 0.342. The van der Waals surface area contributed by atoms with Gasteiger partial charge in [0.2, 0.25) is 0 Å². The van der Waals surface area contributed by atoms with Gasteiger partial charge in [-0.3, -0.25) is 14.9 Å². The van der Waals surface area contributed by atoms with E-state index in [0.29, 0.717) is 28.8 Å². The first kappa shape index (κ1) is 25.5. The minimum atomic E-state index is -0.180. The van der Waals surface area contributed by atoms with Gasteiger partial charge in [-0.2, -0.15) is 0 Å². The topological polar surface area (TPSA) is 85.8 Å². The number of amides is 2. The second-order valence-corrected chi connectivity index (χ2v) is 11.8. The van der Waals surface area contributed by atoms with E-state index in [9.17, 15) is 14.7 Å². The summed E-state index contributed by atoms with van der Waals surface area (Å²) in [5, 5.41) is 15.2. The maximum atomic E-state index is 13.6. The summed E-state index contributed by atoms with van der Waals surface area (Å²) in [6.45, 7) is 0.673. The summed E-state index contributed by atoms with van der Waals surface area (Å²) in [6.07, 6.45) is 4.75. The van der Waals surface area contributed by atoms with Crippen LogP contribution in [0.25, 0.3) is 10.8 Å². The van der Waals surface area contributed by atoms with Crippen LogP contribution in [0.15, 0.2) is 60.7 Å². The highest BCUT2D eigenvalue weighted by atomic mass is 32.1. The van der Waals surface area contributed by atoms with Crippen LogP contribution in [0, 0.1) is 0 Å². The van der Waals surface area contributed by atoms with Crippen molar-refractivity contribution in [1.82, 2.24) is 14.8 Å². The van der Waals surface area contributed by atoms with E-state index >= 15 is 0 Å². The lowest BCUT2D eigenvalue weighted by molar-refractivity contribution is 0.0736. The fraction of sp³-hybridized carbons (Fsp3) is 0.323. The second-order valence-electron chi connectivity index (χ2n) is 10.7. The van der Waals surface area contributed by atoms with Gasteiger partial charge in [-0.15, -0.1) is 11.3 Å². The Hall–Kier alpha value is -3.75. The van der Waals surface area contributed by atoms with Crippen molar-refractivity contribution < 1.29 is 14.7 Å². The van der Waals surface area contributed by atoms with E-state index in [0.717, 1.165) is 54.1 Å². The van der Waals surface area contributed by atoms with Gasteiger partial charge < -0.3 is 14.9 Å². The van der Waals surface area contributed by atoms with Crippen LogP contribution in [0.4, 0.5) is 5.13 Å². The Morgan fingerprint density at radius 3 is 2.69 bits per heavy atom. The standard InChI is InChI=1S/C31H32N4O3S/c1-34(2)24-11-13-26-28(18-24)39-31(32-26)33-29(37)22-6-3-5-21(16-22)27-7-4-14-35(27)30(38)23-9-8-20-17-25(36)12-10-19(20)15-23/h3,5-6,8-10,12,15-17,24,27,36H,4,7,11,13-14,18H2,1-2H3,(H,32,33,37). The number of nitrogens with one attached hydrogen (secondary N) is 1. The maximum Gasteiger partial charge on any atom is 0.257 e. The monoisotopic (exact) mass is 540 g/mol. The number of aromatic hydroxyl groups is 1. The Bertz CT molecular complexity index is 1560. The summed E-state index contributed by atoms with van der Waals surface area (Å²) >= 11 is 1.58. The first-order valence-corrected chi connectivity index (χ1v) is 14.3. The highest BCUT2D eigenvalue weighted by Crippen LogP contribution is 2.35. The zero-order valence-electron chi connectivity index (χ0n) is 22.2. The number of thiazole rings is 1. The lowest BCUT2D eigenvalue weighted by Gasteiger charge is -2.27. The van der Waals surface area contributed by atoms with Crippen LogP contribution in [0.5, 0.6) is 5.75 Å². The van der Waals surface area contributed by atoms with Crippen LogP contribution in [-0.2, 0) is 12.8 Å². The van der Waals surface area contributed by atoms with E-state index in [1.807, 2.05) is 53.4 Å². The number of anilines is 1. The van der Waals surface area contributed by atoms with Crippen LogP contribution < -0.4 is 5.32 Å². The molecule has 2 heterocycles. The van der Waals surface area contributed by atoms with Gasteiger partial charge in [0.15, 0.2) is 5.13 Å². The summed E-state index contributed by atoms with van der Waals surface area (Å²) in [5.74, 6) is 0.00464.